The van der Waals surface area contributed by atoms with Crippen LogP contribution in [0.2, 0.25) is 0 Å². The first kappa shape index (κ1) is 19.1. The Morgan fingerprint density at radius 3 is 2.62 bits per heavy atom. The summed E-state index contributed by atoms with van der Waals surface area (Å²) in [5.74, 6) is -0.931. The van der Waals surface area contributed by atoms with E-state index in [1.807, 2.05) is 19.1 Å². The molecule has 1 aromatic carbocycles. The molecule has 1 aliphatic heterocycles. The smallest absolute Gasteiger partial charge is 0.335 e. The van der Waals surface area contributed by atoms with Crippen molar-refractivity contribution in [2.75, 3.05) is 25.5 Å². The number of carboxylic acids is 1. The van der Waals surface area contributed by atoms with Crippen LogP contribution in [0.3, 0.4) is 0 Å². The average molecular weight is 355 g/mol. The first-order chi connectivity index (χ1) is 11.4. The van der Waals surface area contributed by atoms with Gasteiger partial charge < -0.3 is 20.1 Å². The van der Waals surface area contributed by atoms with Crippen molar-refractivity contribution in [3.8, 4) is 0 Å². The molecular formula is C17H26NO5P. The minimum atomic E-state index is -3.10. The number of benzene rings is 1. The molecule has 3 atom stereocenters. The van der Waals surface area contributed by atoms with Crippen LogP contribution in [0.25, 0.3) is 0 Å². The van der Waals surface area contributed by atoms with Crippen LogP contribution in [0.1, 0.15) is 35.7 Å². The van der Waals surface area contributed by atoms with Crippen molar-refractivity contribution in [2.45, 2.75) is 38.3 Å². The van der Waals surface area contributed by atoms with Gasteiger partial charge in [0.15, 0.2) is 0 Å². The van der Waals surface area contributed by atoms with Gasteiger partial charge in [-0.25, -0.2) is 4.79 Å². The third-order valence-electron chi connectivity index (χ3n) is 4.20. The van der Waals surface area contributed by atoms with Crippen molar-refractivity contribution < 1.29 is 24.1 Å². The molecule has 0 saturated carbocycles. The molecule has 0 aliphatic carbocycles. The Bertz CT molecular complexity index is 581. The van der Waals surface area contributed by atoms with E-state index in [2.05, 4.69) is 5.32 Å². The summed E-state index contributed by atoms with van der Waals surface area (Å²) >= 11 is 0. The zero-order chi connectivity index (χ0) is 17.6. The van der Waals surface area contributed by atoms with E-state index in [1.54, 1.807) is 12.1 Å². The largest absolute Gasteiger partial charge is 0.478 e. The SMILES string of the molecule is CCCCP(=O)(O)C[C@H]1CN[C@H](Cc2ccc(C(=O)O)cc2)CO1. The summed E-state index contributed by atoms with van der Waals surface area (Å²) in [5.41, 5.74) is 1.31. The van der Waals surface area contributed by atoms with Crippen molar-refractivity contribution in [2.24, 2.45) is 0 Å². The van der Waals surface area contributed by atoms with E-state index < -0.39 is 13.3 Å². The minimum Gasteiger partial charge on any atom is -0.478 e. The fraction of sp³-hybridized carbons (Fsp3) is 0.588. The highest BCUT2D eigenvalue weighted by Crippen LogP contribution is 2.42. The van der Waals surface area contributed by atoms with E-state index in [0.717, 1.165) is 24.8 Å². The molecule has 1 aromatic rings. The molecule has 1 saturated heterocycles. The number of ether oxygens (including phenoxy) is 1. The Balaban J connectivity index is 1.78. The van der Waals surface area contributed by atoms with E-state index in [0.29, 0.717) is 19.3 Å². The van der Waals surface area contributed by atoms with E-state index in [-0.39, 0.29) is 23.9 Å². The van der Waals surface area contributed by atoms with Gasteiger partial charge >= 0.3 is 5.97 Å². The maximum Gasteiger partial charge on any atom is 0.335 e. The first-order valence-corrected chi connectivity index (χ1v) is 10.4. The number of aromatic carboxylic acids is 1. The van der Waals surface area contributed by atoms with E-state index in [1.165, 1.54) is 0 Å². The Hall–Kier alpha value is -1.20. The maximum absolute atomic E-state index is 12.1. The van der Waals surface area contributed by atoms with Crippen LogP contribution >= 0.6 is 7.37 Å². The van der Waals surface area contributed by atoms with Gasteiger partial charge in [0.25, 0.3) is 0 Å². The van der Waals surface area contributed by atoms with Crippen molar-refractivity contribution >= 4 is 13.3 Å². The second kappa shape index (κ2) is 8.77. The number of hydrogen-bond donors (Lipinski definition) is 3. The number of rotatable bonds is 8. The van der Waals surface area contributed by atoms with Crippen molar-refractivity contribution in [3.63, 3.8) is 0 Å². The van der Waals surface area contributed by atoms with Gasteiger partial charge in [-0.3, -0.25) is 4.57 Å². The first-order valence-electron chi connectivity index (χ1n) is 8.37. The molecule has 7 heteroatoms. The van der Waals surface area contributed by atoms with Crippen LogP contribution < -0.4 is 5.32 Å². The Labute approximate surface area is 142 Å². The van der Waals surface area contributed by atoms with Gasteiger partial charge in [0, 0.05) is 18.7 Å². The van der Waals surface area contributed by atoms with Crippen LogP contribution in [0.4, 0.5) is 0 Å². The zero-order valence-corrected chi connectivity index (χ0v) is 14.9. The van der Waals surface area contributed by atoms with Gasteiger partial charge in [0.1, 0.15) is 0 Å². The molecule has 0 aromatic heterocycles. The highest BCUT2D eigenvalue weighted by molar-refractivity contribution is 7.58. The third kappa shape index (κ3) is 6.02. The summed E-state index contributed by atoms with van der Waals surface area (Å²) in [7, 11) is -3.10. The molecule has 0 bridgehead atoms. The highest BCUT2D eigenvalue weighted by atomic mass is 31.2. The molecule has 1 unspecified atom stereocenters. The monoisotopic (exact) mass is 355 g/mol. The number of carboxylic acid groups (broad SMARTS) is 1. The lowest BCUT2D eigenvalue weighted by molar-refractivity contribution is 0.0163. The number of hydrogen-bond acceptors (Lipinski definition) is 4. The second-order valence-corrected chi connectivity index (χ2v) is 8.88. The normalized spacial score (nSPS) is 23.6. The van der Waals surface area contributed by atoms with Crippen molar-refractivity contribution in [3.05, 3.63) is 35.4 Å². The lowest BCUT2D eigenvalue weighted by Crippen LogP contribution is -2.48. The van der Waals surface area contributed by atoms with E-state index in [4.69, 9.17) is 9.84 Å². The topological polar surface area (TPSA) is 95.9 Å². The van der Waals surface area contributed by atoms with Gasteiger partial charge in [-0.2, -0.15) is 0 Å². The maximum atomic E-state index is 12.1. The van der Waals surface area contributed by atoms with E-state index in [9.17, 15) is 14.3 Å². The zero-order valence-electron chi connectivity index (χ0n) is 14.0. The van der Waals surface area contributed by atoms with Crippen LogP contribution in [0.15, 0.2) is 24.3 Å². The van der Waals surface area contributed by atoms with Crippen LogP contribution in [0.5, 0.6) is 0 Å². The van der Waals surface area contributed by atoms with Crippen LogP contribution in [-0.4, -0.2) is 53.6 Å². The Morgan fingerprint density at radius 1 is 1.38 bits per heavy atom. The van der Waals surface area contributed by atoms with Crippen LogP contribution in [0, 0.1) is 0 Å². The van der Waals surface area contributed by atoms with Gasteiger partial charge in [0.2, 0.25) is 7.37 Å². The lowest BCUT2D eigenvalue weighted by atomic mass is 10.0. The van der Waals surface area contributed by atoms with Crippen molar-refractivity contribution in [1.82, 2.24) is 5.32 Å². The molecule has 0 amide bonds. The summed E-state index contributed by atoms with van der Waals surface area (Å²) in [6, 6.07) is 6.94. The van der Waals surface area contributed by atoms with Crippen molar-refractivity contribution in [1.29, 1.82) is 0 Å². The second-order valence-electron chi connectivity index (χ2n) is 6.37. The highest BCUT2D eigenvalue weighted by Gasteiger charge is 2.28. The predicted octanol–water partition coefficient (Wildman–Crippen LogP) is 2.35. The molecule has 24 heavy (non-hydrogen) atoms. The molecular weight excluding hydrogens is 329 g/mol. The summed E-state index contributed by atoms with van der Waals surface area (Å²) in [4.78, 5) is 20.8. The summed E-state index contributed by atoms with van der Waals surface area (Å²) in [6.07, 6.45) is 2.77. The molecule has 0 radical (unpaired) electrons. The quantitative estimate of drug-likeness (QED) is 0.620. The molecule has 6 nitrogen and oxygen atoms in total. The fourth-order valence-electron chi connectivity index (χ4n) is 2.80. The van der Waals surface area contributed by atoms with Crippen LogP contribution in [-0.2, 0) is 15.7 Å². The molecule has 3 N–H and O–H groups in total. The van der Waals surface area contributed by atoms with Gasteiger partial charge in [-0.15, -0.1) is 0 Å². The number of nitrogens with one attached hydrogen (secondary N) is 1. The molecule has 1 aliphatic rings. The minimum absolute atomic E-state index is 0.130. The molecule has 0 spiro atoms. The number of carbonyl (C=O) groups is 1. The van der Waals surface area contributed by atoms with E-state index >= 15 is 0 Å². The van der Waals surface area contributed by atoms with Gasteiger partial charge in [0.05, 0.1) is 24.4 Å². The fourth-order valence-corrected chi connectivity index (χ4v) is 4.66. The lowest BCUT2D eigenvalue weighted by Gasteiger charge is -2.31. The standard InChI is InChI=1S/C17H26NO5P/c1-2-3-8-24(21,22)12-16-10-18-15(11-23-16)9-13-4-6-14(7-5-13)17(19)20/h4-7,15-16,18H,2-3,8-12H2,1H3,(H,19,20)(H,21,22)/t15-,16-/m1/s1. The summed E-state index contributed by atoms with van der Waals surface area (Å²) in [5, 5.41) is 12.3. The van der Waals surface area contributed by atoms with Gasteiger partial charge in [-0.1, -0.05) is 25.5 Å². The summed E-state index contributed by atoms with van der Waals surface area (Å²) < 4.78 is 17.9. The molecule has 1 heterocycles. The number of unbranched alkanes of at least 4 members (excludes halogenated alkanes) is 1. The number of morpholine rings is 1. The van der Waals surface area contributed by atoms with Gasteiger partial charge in [-0.05, 0) is 30.5 Å². The Kier molecular flexibility index (Phi) is 6.99. The molecule has 1 fully saturated rings. The third-order valence-corrected chi connectivity index (χ3v) is 6.19. The summed E-state index contributed by atoms with van der Waals surface area (Å²) in [6.45, 7) is 3.06. The average Bonchev–Trinajstić information content (AvgIpc) is 2.55. The predicted molar refractivity (Wildman–Crippen MR) is 93.1 cm³/mol. The molecule has 2 rings (SSSR count). The molecule has 134 valence electrons. The Morgan fingerprint density at radius 2 is 2.08 bits per heavy atom.